The molecule has 2 aromatic rings. The summed E-state index contributed by atoms with van der Waals surface area (Å²) in [5.41, 5.74) is 9.51. The first-order chi connectivity index (χ1) is 10.1. The third-order valence-electron chi connectivity index (χ3n) is 3.20. The van der Waals surface area contributed by atoms with E-state index >= 15 is 0 Å². The van der Waals surface area contributed by atoms with Gasteiger partial charge in [-0.3, -0.25) is 0 Å². The van der Waals surface area contributed by atoms with E-state index in [9.17, 15) is 0 Å². The van der Waals surface area contributed by atoms with Crippen molar-refractivity contribution in [2.75, 3.05) is 12.4 Å². The summed E-state index contributed by atoms with van der Waals surface area (Å²) in [4.78, 5) is 0. The molecule has 0 radical (unpaired) electrons. The van der Waals surface area contributed by atoms with Crippen LogP contribution in [0.3, 0.4) is 0 Å². The number of methoxy groups -OCH3 is 1. The molecule has 0 aliphatic rings. The molecule has 0 unspecified atom stereocenters. The molecule has 0 saturated carbocycles. The zero-order chi connectivity index (χ0) is 15.2. The Hall–Kier alpha value is -2.69. The molecule has 5 nitrogen and oxygen atoms in total. The molecule has 0 atom stereocenters. The van der Waals surface area contributed by atoms with Crippen LogP contribution in [0, 0.1) is 6.92 Å². The molecule has 0 aliphatic carbocycles. The summed E-state index contributed by atoms with van der Waals surface area (Å²) in [6, 6.07) is 13.8. The Morgan fingerprint density at radius 2 is 1.95 bits per heavy atom. The third-order valence-corrected chi connectivity index (χ3v) is 3.20. The van der Waals surface area contributed by atoms with Crippen LogP contribution in [-0.2, 0) is 6.54 Å². The van der Waals surface area contributed by atoms with E-state index in [1.165, 1.54) is 5.56 Å². The minimum absolute atomic E-state index is 0.0315. The van der Waals surface area contributed by atoms with Crippen LogP contribution in [0.5, 0.6) is 5.75 Å². The van der Waals surface area contributed by atoms with Gasteiger partial charge in [-0.1, -0.05) is 28.9 Å². The smallest absolute Gasteiger partial charge is 0.173 e. The Labute approximate surface area is 124 Å². The van der Waals surface area contributed by atoms with E-state index < -0.39 is 0 Å². The summed E-state index contributed by atoms with van der Waals surface area (Å²) in [6.45, 7) is 2.69. The molecule has 0 aromatic heterocycles. The Balaban J connectivity index is 2.15. The van der Waals surface area contributed by atoms with Crippen molar-refractivity contribution in [3.05, 3.63) is 59.2 Å². The molecule has 0 amide bonds. The maximum Gasteiger partial charge on any atom is 0.173 e. The fraction of sp³-hybridized carbons (Fsp3) is 0.188. The van der Waals surface area contributed by atoms with Crippen LogP contribution in [0.15, 0.2) is 47.6 Å². The molecule has 0 heterocycles. The third kappa shape index (κ3) is 3.66. The van der Waals surface area contributed by atoms with E-state index in [0.717, 1.165) is 11.3 Å². The van der Waals surface area contributed by atoms with Gasteiger partial charge in [-0.15, -0.1) is 0 Å². The SMILES string of the molecule is COc1ccc(CNc2ccc(C)cc2)cc1C(N)=NO. The second kappa shape index (κ2) is 6.65. The average Bonchev–Trinajstić information content (AvgIpc) is 2.53. The first kappa shape index (κ1) is 14.7. The van der Waals surface area contributed by atoms with Crippen LogP contribution in [0.25, 0.3) is 0 Å². The Bertz CT molecular complexity index is 636. The molecule has 0 fully saturated rings. The highest BCUT2D eigenvalue weighted by Gasteiger charge is 2.08. The van der Waals surface area contributed by atoms with Crippen LogP contribution in [0.2, 0.25) is 0 Å². The zero-order valence-electron chi connectivity index (χ0n) is 12.1. The molecule has 2 aromatic carbocycles. The number of nitrogens with two attached hydrogens (primary N) is 1. The highest BCUT2D eigenvalue weighted by molar-refractivity contribution is 5.99. The lowest BCUT2D eigenvalue weighted by molar-refractivity contribution is 0.318. The molecule has 0 spiro atoms. The fourth-order valence-electron chi connectivity index (χ4n) is 1.99. The maximum absolute atomic E-state index is 8.82. The van der Waals surface area contributed by atoms with Crippen molar-refractivity contribution in [1.29, 1.82) is 0 Å². The van der Waals surface area contributed by atoms with Gasteiger partial charge in [0.1, 0.15) is 5.75 Å². The van der Waals surface area contributed by atoms with Crippen LogP contribution >= 0.6 is 0 Å². The minimum Gasteiger partial charge on any atom is -0.496 e. The second-order valence-corrected chi connectivity index (χ2v) is 4.74. The van der Waals surface area contributed by atoms with Gasteiger partial charge in [0.15, 0.2) is 5.84 Å². The highest BCUT2D eigenvalue weighted by Crippen LogP contribution is 2.20. The summed E-state index contributed by atoms with van der Waals surface area (Å²) in [6.07, 6.45) is 0. The lowest BCUT2D eigenvalue weighted by atomic mass is 10.1. The molecule has 110 valence electrons. The molecule has 21 heavy (non-hydrogen) atoms. The molecule has 0 aliphatic heterocycles. The van der Waals surface area contributed by atoms with Crippen molar-refractivity contribution in [2.45, 2.75) is 13.5 Å². The topological polar surface area (TPSA) is 79.9 Å². The van der Waals surface area contributed by atoms with Gasteiger partial charge in [0.2, 0.25) is 0 Å². The number of anilines is 1. The number of aryl methyl sites for hydroxylation is 1. The van der Waals surface area contributed by atoms with E-state index in [1.54, 1.807) is 13.2 Å². The molecular formula is C16H19N3O2. The number of amidine groups is 1. The van der Waals surface area contributed by atoms with E-state index in [0.29, 0.717) is 17.9 Å². The number of nitrogens with one attached hydrogen (secondary N) is 1. The number of ether oxygens (including phenoxy) is 1. The predicted molar refractivity (Wildman–Crippen MR) is 84.0 cm³/mol. The number of hydrogen-bond acceptors (Lipinski definition) is 4. The van der Waals surface area contributed by atoms with E-state index in [4.69, 9.17) is 15.7 Å². The minimum atomic E-state index is 0.0315. The number of benzene rings is 2. The molecular weight excluding hydrogens is 266 g/mol. The van der Waals surface area contributed by atoms with Gasteiger partial charge in [0.25, 0.3) is 0 Å². The molecule has 2 rings (SSSR count). The summed E-state index contributed by atoms with van der Waals surface area (Å²) in [7, 11) is 1.55. The second-order valence-electron chi connectivity index (χ2n) is 4.74. The van der Waals surface area contributed by atoms with Crippen LogP contribution < -0.4 is 15.8 Å². The van der Waals surface area contributed by atoms with Gasteiger partial charge in [-0.25, -0.2) is 0 Å². The number of rotatable bonds is 5. The first-order valence-corrected chi connectivity index (χ1v) is 6.59. The van der Waals surface area contributed by atoms with E-state index in [-0.39, 0.29) is 5.84 Å². The number of oxime groups is 1. The van der Waals surface area contributed by atoms with Crippen molar-refractivity contribution in [3.63, 3.8) is 0 Å². The van der Waals surface area contributed by atoms with Gasteiger partial charge < -0.3 is 21.0 Å². The van der Waals surface area contributed by atoms with Crippen LogP contribution in [0.4, 0.5) is 5.69 Å². The van der Waals surface area contributed by atoms with Gasteiger partial charge >= 0.3 is 0 Å². The van der Waals surface area contributed by atoms with Gasteiger partial charge in [-0.2, -0.15) is 0 Å². The lowest BCUT2D eigenvalue weighted by Crippen LogP contribution is -2.15. The Morgan fingerprint density at radius 1 is 1.24 bits per heavy atom. The molecule has 5 heteroatoms. The first-order valence-electron chi connectivity index (χ1n) is 6.59. The van der Waals surface area contributed by atoms with Crippen molar-refractivity contribution in [1.82, 2.24) is 0 Å². The summed E-state index contributed by atoms with van der Waals surface area (Å²) >= 11 is 0. The summed E-state index contributed by atoms with van der Waals surface area (Å²) in [5, 5.41) is 15.2. The summed E-state index contributed by atoms with van der Waals surface area (Å²) in [5.74, 6) is 0.605. The van der Waals surface area contributed by atoms with Gasteiger partial charge in [0, 0.05) is 12.2 Å². The van der Waals surface area contributed by atoms with Gasteiger partial charge in [0.05, 0.1) is 12.7 Å². The Kier molecular flexibility index (Phi) is 4.66. The largest absolute Gasteiger partial charge is 0.496 e. The Morgan fingerprint density at radius 3 is 2.57 bits per heavy atom. The molecule has 0 bridgehead atoms. The lowest BCUT2D eigenvalue weighted by Gasteiger charge is -2.11. The molecule has 0 saturated heterocycles. The van der Waals surface area contributed by atoms with Crippen LogP contribution in [-0.4, -0.2) is 18.2 Å². The monoisotopic (exact) mass is 285 g/mol. The van der Waals surface area contributed by atoms with Gasteiger partial charge in [-0.05, 0) is 36.8 Å². The summed E-state index contributed by atoms with van der Waals surface area (Å²) < 4.78 is 5.21. The van der Waals surface area contributed by atoms with Crippen molar-refractivity contribution >= 4 is 11.5 Å². The van der Waals surface area contributed by atoms with Crippen molar-refractivity contribution in [2.24, 2.45) is 10.9 Å². The predicted octanol–water partition coefficient (Wildman–Crippen LogP) is 2.71. The van der Waals surface area contributed by atoms with Crippen LogP contribution in [0.1, 0.15) is 16.7 Å². The van der Waals surface area contributed by atoms with Crippen molar-refractivity contribution < 1.29 is 9.94 Å². The van der Waals surface area contributed by atoms with E-state index in [2.05, 4.69) is 29.5 Å². The van der Waals surface area contributed by atoms with Crippen molar-refractivity contribution in [3.8, 4) is 5.75 Å². The average molecular weight is 285 g/mol. The van der Waals surface area contributed by atoms with E-state index in [1.807, 2.05) is 24.3 Å². The normalized spacial score (nSPS) is 11.2. The number of nitrogens with zero attached hydrogens (tertiary/aromatic N) is 1. The maximum atomic E-state index is 8.82. The fourth-order valence-corrected chi connectivity index (χ4v) is 1.99. The highest BCUT2D eigenvalue weighted by atomic mass is 16.5. The standard InChI is InChI=1S/C16H19N3O2/c1-11-3-6-13(7-4-11)18-10-12-5-8-15(21-2)14(9-12)16(17)19-20/h3-9,18,20H,10H2,1-2H3,(H2,17,19). The number of hydrogen-bond donors (Lipinski definition) is 3. The quantitative estimate of drug-likeness (QED) is 0.341. The zero-order valence-corrected chi connectivity index (χ0v) is 12.1. The molecule has 4 N–H and O–H groups in total.